The predicted molar refractivity (Wildman–Crippen MR) is 83.4 cm³/mol. The molecular formula is C14H15ClFN3OS. The van der Waals surface area contributed by atoms with Crippen molar-refractivity contribution in [3.05, 3.63) is 40.4 Å². The van der Waals surface area contributed by atoms with Crippen molar-refractivity contribution in [1.82, 2.24) is 9.78 Å². The first-order valence-electron chi connectivity index (χ1n) is 6.26. The Bertz CT molecular complexity index is 687. The Morgan fingerprint density at radius 2 is 2.19 bits per heavy atom. The first kappa shape index (κ1) is 15.9. The molecule has 0 radical (unpaired) electrons. The number of nitrogens with one attached hydrogen (secondary N) is 1. The molecule has 1 heterocycles. The SMILES string of the molecule is Cc1nn(C)c(C)c1NC(=O)CSc1ccc(F)c(Cl)c1. The second-order valence-electron chi connectivity index (χ2n) is 4.58. The number of rotatable bonds is 4. The van der Waals surface area contributed by atoms with Gasteiger partial charge in [-0.15, -0.1) is 11.8 Å². The van der Waals surface area contributed by atoms with Gasteiger partial charge in [-0.2, -0.15) is 5.10 Å². The number of anilines is 1. The molecule has 1 aromatic heterocycles. The van der Waals surface area contributed by atoms with Crippen molar-refractivity contribution in [2.75, 3.05) is 11.1 Å². The highest BCUT2D eigenvalue weighted by atomic mass is 35.5. The lowest BCUT2D eigenvalue weighted by Crippen LogP contribution is -2.15. The average molecular weight is 328 g/mol. The van der Waals surface area contributed by atoms with Crippen molar-refractivity contribution < 1.29 is 9.18 Å². The summed E-state index contributed by atoms with van der Waals surface area (Å²) in [5, 5.41) is 7.14. The van der Waals surface area contributed by atoms with Gasteiger partial charge in [0, 0.05) is 11.9 Å². The van der Waals surface area contributed by atoms with Crippen LogP contribution in [-0.2, 0) is 11.8 Å². The number of nitrogens with zero attached hydrogens (tertiary/aromatic N) is 2. The minimum atomic E-state index is -0.466. The first-order chi connectivity index (χ1) is 9.88. The van der Waals surface area contributed by atoms with Crippen LogP contribution in [0.15, 0.2) is 23.1 Å². The largest absolute Gasteiger partial charge is 0.322 e. The van der Waals surface area contributed by atoms with Gasteiger partial charge in [-0.1, -0.05) is 11.6 Å². The van der Waals surface area contributed by atoms with Gasteiger partial charge >= 0.3 is 0 Å². The lowest BCUT2D eigenvalue weighted by molar-refractivity contribution is -0.113. The van der Waals surface area contributed by atoms with Gasteiger partial charge < -0.3 is 5.32 Å². The van der Waals surface area contributed by atoms with Crippen LogP contribution in [0.2, 0.25) is 5.02 Å². The number of hydrogen-bond acceptors (Lipinski definition) is 3. The number of thioether (sulfide) groups is 1. The summed E-state index contributed by atoms with van der Waals surface area (Å²) in [6.45, 7) is 3.73. The quantitative estimate of drug-likeness (QED) is 0.873. The molecule has 0 aliphatic heterocycles. The van der Waals surface area contributed by atoms with Gasteiger partial charge in [0.15, 0.2) is 0 Å². The van der Waals surface area contributed by atoms with Crippen molar-refractivity contribution >= 4 is 35.0 Å². The summed E-state index contributed by atoms with van der Waals surface area (Å²) >= 11 is 7.00. The monoisotopic (exact) mass is 327 g/mol. The van der Waals surface area contributed by atoms with Gasteiger partial charge in [0.2, 0.25) is 5.91 Å². The molecule has 2 rings (SSSR count). The van der Waals surface area contributed by atoms with Crippen LogP contribution >= 0.6 is 23.4 Å². The highest BCUT2D eigenvalue weighted by molar-refractivity contribution is 8.00. The Labute approximate surface area is 131 Å². The molecule has 0 bridgehead atoms. The zero-order chi connectivity index (χ0) is 15.6. The van der Waals surface area contributed by atoms with Gasteiger partial charge in [0.25, 0.3) is 0 Å². The third-order valence-corrected chi connectivity index (χ3v) is 4.32. The van der Waals surface area contributed by atoms with E-state index in [0.717, 1.165) is 22.0 Å². The van der Waals surface area contributed by atoms with Crippen LogP contribution in [0.3, 0.4) is 0 Å². The number of aryl methyl sites for hydroxylation is 2. The number of amides is 1. The highest BCUT2D eigenvalue weighted by Crippen LogP contribution is 2.25. The fourth-order valence-corrected chi connectivity index (χ4v) is 2.83. The van der Waals surface area contributed by atoms with Crippen LogP contribution in [0.1, 0.15) is 11.4 Å². The summed E-state index contributed by atoms with van der Waals surface area (Å²) in [5.74, 6) is -0.387. The first-order valence-corrected chi connectivity index (χ1v) is 7.62. The van der Waals surface area contributed by atoms with Crippen molar-refractivity contribution in [3.8, 4) is 0 Å². The van der Waals surface area contributed by atoms with Crippen LogP contribution in [0.4, 0.5) is 10.1 Å². The molecule has 112 valence electrons. The van der Waals surface area contributed by atoms with E-state index in [-0.39, 0.29) is 16.7 Å². The fourth-order valence-electron chi connectivity index (χ4n) is 1.85. The Kier molecular flexibility index (Phi) is 4.90. The minimum Gasteiger partial charge on any atom is -0.322 e. The molecule has 0 atom stereocenters. The van der Waals surface area contributed by atoms with Crippen molar-refractivity contribution in [1.29, 1.82) is 0 Å². The maximum atomic E-state index is 13.0. The standard InChI is InChI=1S/C14H15ClFN3OS/c1-8-14(9(2)19(3)18-8)17-13(20)7-21-10-4-5-12(16)11(15)6-10/h4-6H,7H2,1-3H3,(H,17,20). The van der Waals surface area contributed by atoms with E-state index in [1.165, 1.54) is 23.9 Å². The molecule has 21 heavy (non-hydrogen) atoms. The van der Waals surface area contributed by atoms with Gasteiger partial charge in [-0.25, -0.2) is 4.39 Å². The third kappa shape index (κ3) is 3.77. The van der Waals surface area contributed by atoms with E-state index >= 15 is 0 Å². The van der Waals surface area contributed by atoms with Gasteiger partial charge in [-0.05, 0) is 32.0 Å². The van der Waals surface area contributed by atoms with Gasteiger partial charge in [-0.3, -0.25) is 9.48 Å². The Balaban J connectivity index is 1.97. The second-order valence-corrected chi connectivity index (χ2v) is 6.04. The molecular weight excluding hydrogens is 313 g/mol. The van der Waals surface area contributed by atoms with Crippen LogP contribution in [0.25, 0.3) is 0 Å². The van der Waals surface area contributed by atoms with Crippen molar-refractivity contribution in [3.63, 3.8) is 0 Å². The van der Waals surface area contributed by atoms with Gasteiger partial charge in [0.05, 0.1) is 27.9 Å². The maximum Gasteiger partial charge on any atom is 0.234 e. The number of aromatic nitrogens is 2. The fraction of sp³-hybridized carbons (Fsp3) is 0.286. The number of halogens is 2. The lowest BCUT2D eigenvalue weighted by atomic mass is 10.3. The molecule has 0 aliphatic rings. The topological polar surface area (TPSA) is 46.9 Å². The number of hydrogen-bond donors (Lipinski definition) is 1. The van der Waals surface area contributed by atoms with Crippen molar-refractivity contribution in [2.45, 2.75) is 18.7 Å². The average Bonchev–Trinajstić information content (AvgIpc) is 2.67. The molecule has 0 spiro atoms. The molecule has 1 N–H and O–H groups in total. The molecule has 0 unspecified atom stereocenters. The van der Waals surface area contributed by atoms with Crippen molar-refractivity contribution in [2.24, 2.45) is 7.05 Å². The molecule has 1 aromatic carbocycles. The lowest BCUT2D eigenvalue weighted by Gasteiger charge is -2.06. The molecule has 2 aromatic rings. The zero-order valence-corrected chi connectivity index (χ0v) is 13.5. The summed E-state index contributed by atoms with van der Waals surface area (Å²) in [5.41, 5.74) is 2.41. The van der Waals surface area contributed by atoms with Crippen LogP contribution in [0, 0.1) is 19.7 Å². The molecule has 7 heteroatoms. The van der Waals surface area contributed by atoms with E-state index in [2.05, 4.69) is 10.4 Å². The molecule has 0 saturated heterocycles. The Hall–Kier alpha value is -1.53. The van der Waals surface area contributed by atoms with Crippen LogP contribution < -0.4 is 5.32 Å². The summed E-state index contributed by atoms with van der Waals surface area (Å²) in [4.78, 5) is 12.7. The van der Waals surface area contributed by atoms with E-state index < -0.39 is 5.82 Å². The molecule has 1 amide bonds. The molecule has 0 aliphatic carbocycles. The van der Waals surface area contributed by atoms with Crippen LogP contribution in [-0.4, -0.2) is 21.4 Å². The summed E-state index contributed by atoms with van der Waals surface area (Å²) in [7, 11) is 1.83. The summed E-state index contributed by atoms with van der Waals surface area (Å²) in [6.07, 6.45) is 0. The number of carbonyl (C=O) groups is 1. The second kappa shape index (κ2) is 6.49. The van der Waals surface area contributed by atoms with E-state index in [0.29, 0.717) is 0 Å². The smallest absolute Gasteiger partial charge is 0.234 e. The van der Waals surface area contributed by atoms with E-state index in [4.69, 9.17) is 11.6 Å². The Morgan fingerprint density at radius 3 is 2.76 bits per heavy atom. The third-order valence-electron chi connectivity index (χ3n) is 3.03. The molecule has 0 fully saturated rings. The van der Waals surface area contributed by atoms with Gasteiger partial charge in [0.1, 0.15) is 5.82 Å². The molecule has 4 nitrogen and oxygen atoms in total. The predicted octanol–water partition coefficient (Wildman–Crippen LogP) is 3.56. The summed E-state index contributed by atoms with van der Waals surface area (Å²) in [6, 6.07) is 4.40. The van der Waals surface area contributed by atoms with E-state index in [1.807, 2.05) is 20.9 Å². The maximum absolute atomic E-state index is 13.0. The van der Waals surface area contributed by atoms with Crippen LogP contribution in [0.5, 0.6) is 0 Å². The normalized spacial score (nSPS) is 10.7. The number of carbonyl (C=O) groups excluding carboxylic acids is 1. The highest BCUT2D eigenvalue weighted by Gasteiger charge is 2.12. The van der Waals surface area contributed by atoms with E-state index in [1.54, 1.807) is 10.7 Å². The van der Waals surface area contributed by atoms with E-state index in [9.17, 15) is 9.18 Å². The Morgan fingerprint density at radius 1 is 1.48 bits per heavy atom. The molecule has 0 saturated carbocycles. The zero-order valence-electron chi connectivity index (χ0n) is 11.9. The number of benzene rings is 1. The minimum absolute atomic E-state index is 0.0550. The summed E-state index contributed by atoms with van der Waals surface area (Å²) < 4.78 is 14.8.